The molecule has 0 atom stereocenters. The zero-order valence-electron chi connectivity index (χ0n) is 12.8. The van der Waals surface area contributed by atoms with Gasteiger partial charge in [-0.3, -0.25) is 4.99 Å². The molecule has 0 aromatic heterocycles. The van der Waals surface area contributed by atoms with Crippen molar-refractivity contribution in [2.24, 2.45) is 4.99 Å². The van der Waals surface area contributed by atoms with Crippen molar-refractivity contribution in [2.45, 2.75) is 19.8 Å². The van der Waals surface area contributed by atoms with E-state index in [1.807, 2.05) is 13.0 Å². The summed E-state index contributed by atoms with van der Waals surface area (Å²) in [4.78, 5) is 6.46. The van der Waals surface area contributed by atoms with Crippen LogP contribution in [0.3, 0.4) is 0 Å². The molecule has 1 aliphatic rings. The Morgan fingerprint density at radius 3 is 2.52 bits per heavy atom. The quantitative estimate of drug-likeness (QED) is 0.639. The second kappa shape index (κ2) is 6.90. The summed E-state index contributed by atoms with van der Waals surface area (Å²) in [5.41, 5.74) is 3.13. The Bertz CT molecular complexity index is 753. The molecule has 1 heterocycles. The second-order valence-electron chi connectivity index (χ2n) is 5.71. The van der Waals surface area contributed by atoms with Crippen molar-refractivity contribution in [1.29, 1.82) is 0 Å². The molecule has 0 spiro atoms. The molecule has 0 unspecified atom stereocenters. The molecule has 23 heavy (non-hydrogen) atoms. The van der Waals surface area contributed by atoms with Crippen LogP contribution >= 0.6 is 23.2 Å². The van der Waals surface area contributed by atoms with Gasteiger partial charge in [0.05, 0.1) is 21.4 Å². The van der Waals surface area contributed by atoms with E-state index in [1.165, 1.54) is 0 Å². The molecule has 2 aromatic rings. The minimum Gasteiger partial charge on any atom is -0.369 e. The number of aryl methyl sites for hydroxylation is 1. The number of aliphatic imine (C=N–C) groups is 1. The fourth-order valence-electron chi connectivity index (χ4n) is 2.73. The Morgan fingerprint density at radius 2 is 1.83 bits per heavy atom. The van der Waals surface area contributed by atoms with Gasteiger partial charge in [-0.05, 0) is 61.2 Å². The normalized spacial score (nSPS) is 14.9. The van der Waals surface area contributed by atoms with Crippen molar-refractivity contribution in [3.63, 3.8) is 0 Å². The summed E-state index contributed by atoms with van der Waals surface area (Å²) in [6, 6.07) is 8.60. The van der Waals surface area contributed by atoms with E-state index in [0.717, 1.165) is 37.1 Å². The van der Waals surface area contributed by atoms with Gasteiger partial charge in [-0.1, -0.05) is 23.2 Å². The van der Waals surface area contributed by atoms with Gasteiger partial charge in [0.25, 0.3) is 0 Å². The lowest BCUT2D eigenvalue weighted by Gasteiger charge is -2.19. The second-order valence-corrected chi connectivity index (χ2v) is 6.53. The fraction of sp³-hybridized carbons (Fsp3) is 0.278. The third kappa shape index (κ3) is 3.67. The average Bonchev–Trinajstić information content (AvgIpc) is 3.05. The number of halogens is 3. The highest BCUT2D eigenvalue weighted by Gasteiger charge is 2.17. The molecule has 0 saturated carbocycles. The van der Waals surface area contributed by atoms with Crippen LogP contribution in [0, 0.1) is 12.7 Å². The first-order chi connectivity index (χ1) is 11.0. The predicted molar refractivity (Wildman–Crippen MR) is 96.3 cm³/mol. The number of nitrogens with zero attached hydrogens (tertiary/aromatic N) is 2. The number of hydrogen-bond donors (Lipinski definition) is 0. The first kappa shape index (κ1) is 16.3. The van der Waals surface area contributed by atoms with Crippen LogP contribution in [0.1, 0.15) is 24.0 Å². The van der Waals surface area contributed by atoms with Crippen molar-refractivity contribution in [3.8, 4) is 0 Å². The highest BCUT2D eigenvalue weighted by atomic mass is 35.5. The van der Waals surface area contributed by atoms with E-state index >= 15 is 0 Å². The molecule has 2 nitrogen and oxygen atoms in total. The molecule has 0 amide bonds. The lowest BCUT2D eigenvalue weighted by atomic mass is 10.1. The summed E-state index contributed by atoms with van der Waals surface area (Å²) in [5.74, 6) is -0.201. The highest BCUT2D eigenvalue weighted by Crippen LogP contribution is 2.28. The molecule has 1 saturated heterocycles. The molecule has 0 radical (unpaired) electrons. The summed E-state index contributed by atoms with van der Waals surface area (Å²) in [7, 11) is 0. The van der Waals surface area contributed by atoms with Gasteiger partial charge in [0.1, 0.15) is 5.82 Å². The van der Waals surface area contributed by atoms with Gasteiger partial charge in [-0.2, -0.15) is 0 Å². The first-order valence-electron chi connectivity index (χ1n) is 7.59. The average molecular weight is 351 g/mol. The molecule has 5 heteroatoms. The molecule has 120 valence electrons. The van der Waals surface area contributed by atoms with E-state index in [0.29, 0.717) is 21.4 Å². The maximum atomic E-state index is 14.4. The van der Waals surface area contributed by atoms with Gasteiger partial charge >= 0.3 is 0 Å². The van der Waals surface area contributed by atoms with E-state index in [1.54, 1.807) is 30.5 Å². The molecule has 0 bridgehead atoms. The standard InChI is InChI=1S/C18H17Cl2FN2/c1-12-8-18(23-6-2-3-7-23)17(21)9-13(12)11-22-14-4-5-15(19)16(20)10-14/h4-5,8-11H,2-3,6-7H2,1H3. The minimum atomic E-state index is -0.201. The Balaban J connectivity index is 1.86. The van der Waals surface area contributed by atoms with Crippen molar-refractivity contribution in [3.05, 3.63) is 57.3 Å². The molecule has 2 aromatic carbocycles. The molecule has 3 rings (SSSR count). The summed E-state index contributed by atoms with van der Waals surface area (Å²) in [6.45, 7) is 3.81. The summed E-state index contributed by atoms with van der Waals surface area (Å²) in [6.07, 6.45) is 3.91. The van der Waals surface area contributed by atoms with Crippen molar-refractivity contribution >= 4 is 40.8 Å². The minimum absolute atomic E-state index is 0.201. The fourth-order valence-corrected chi connectivity index (χ4v) is 3.02. The zero-order valence-corrected chi connectivity index (χ0v) is 14.3. The monoisotopic (exact) mass is 350 g/mol. The van der Waals surface area contributed by atoms with E-state index in [2.05, 4.69) is 9.89 Å². The Hall–Kier alpha value is -1.58. The van der Waals surface area contributed by atoms with Gasteiger partial charge < -0.3 is 4.90 Å². The van der Waals surface area contributed by atoms with Crippen molar-refractivity contribution in [2.75, 3.05) is 18.0 Å². The third-order valence-electron chi connectivity index (χ3n) is 4.04. The first-order valence-corrected chi connectivity index (χ1v) is 8.34. The third-order valence-corrected chi connectivity index (χ3v) is 4.78. The smallest absolute Gasteiger partial charge is 0.147 e. The SMILES string of the molecule is Cc1cc(N2CCCC2)c(F)cc1C=Nc1ccc(Cl)c(Cl)c1. The number of anilines is 1. The van der Waals surface area contributed by atoms with Crippen molar-refractivity contribution in [1.82, 2.24) is 0 Å². The largest absolute Gasteiger partial charge is 0.369 e. The molecule has 1 aliphatic heterocycles. The predicted octanol–water partition coefficient (Wildman–Crippen LogP) is 5.79. The maximum absolute atomic E-state index is 14.4. The van der Waals surface area contributed by atoms with Crippen LogP contribution in [0.2, 0.25) is 10.0 Å². The van der Waals surface area contributed by atoms with Crippen LogP contribution in [-0.4, -0.2) is 19.3 Å². The van der Waals surface area contributed by atoms with Crippen LogP contribution in [0.25, 0.3) is 0 Å². The number of benzene rings is 2. The topological polar surface area (TPSA) is 15.6 Å². The zero-order chi connectivity index (χ0) is 16.4. The summed E-state index contributed by atoms with van der Waals surface area (Å²) in [5, 5.41) is 0.941. The number of rotatable bonds is 3. The summed E-state index contributed by atoms with van der Waals surface area (Å²) < 4.78 is 14.4. The molecule has 0 N–H and O–H groups in total. The van der Waals surface area contributed by atoms with Crippen LogP contribution in [0.4, 0.5) is 15.8 Å². The van der Waals surface area contributed by atoms with E-state index in [-0.39, 0.29) is 5.82 Å². The van der Waals surface area contributed by atoms with Crippen molar-refractivity contribution < 1.29 is 4.39 Å². The Labute approximate surface area is 145 Å². The van der Waals surface area contributed by atoms with Crippen LogP contribution in [0.15, 0.2) is 35.3 Å². The molecular formula is C18H17Cl2FN2. The lowest BCUT2D eigenvalue weighted by molar-refractivity contribution is 0.622. The van der Waals surface area contributed by atoms with E-state index in [4.69, 9.17) is 23.2 Å². The Morgan fingerprint density at radius 1 is 1.09 bits per heavy atom. The van der Waals surface area contributed by atoms with Crippen LogP contribution < -0.4 is 4.90 Å². The Kier molecular flexibility index (Phi) is 4.88. The van der Waals surface area contributed by atoms with E-state index < -0.39 is 0 Å². The molecule has 0 aliphatic carbocycles. The highest BCUT2D eigenvalue weighted by molar-refractivity contribution is 6.42. The lowest BCUT2D eigenvalue weighted by Crippen LogP contribution is -2.19. The van der Waals surface area contributed by atoms with Gasteiger partial charge in [0.15, 0.2) is 0 Å². The maximum Gasteiger partial charge on any atom is 0.147 e. The van der Waals surface area contributed by atoms with Gasteiger partial charge in [-0.25, -0.2) is 4.39 Å². The van der Waals surface area contributed by atoms with Gasteiger partial charge in [0.2, 0.25) is 0 Å². The molecule has 1 fully saturated rings. The summed E-state index contributed by atoms with van der Waals surface area (Å²) >= 11 is 11.9. The van der Waals surface area contributed by atoms with Gasteiger partial charge in [-0.15, -0.1) is 0 Å². The van der Waals surface area contributed by atoms with Crippen LogP contribution in [-0.2, 0) is 0 Å². The molecular weight excluding hydrogens is 334 g/mol. The van der Waals surface area contributed by atoms with Gasteiger partial charge in [0, 0.05) is 19.3 Å². The number of hydrogen-bond acceptors (Lipinski definition) is 2. The van der Waals surface area contributed by atoms with Crippen LogP contribution in [0.5, 0.6) is 0 Å². The van der Waals surface area contributed by atoms with E-state index in [9.17, 15) is 4.39 Å².